The summed E-state index contributed by atoms with van der Waals surface area (Å²) in [5.74, 6) is -4.19. The molecule has 0 aliphatic rings. The summed E-state index contributed by atoms with van der Waals surface area (Å²) in [5, 5.41) is 8.27. The van der Waals surface area contributed by atoms with Gasteiger partial charge >= 0.3 is 5.97 Å². The van der Waals surface area contributed by atoms with Gasteiger partial charge in [-0.05, 0) is 37.1 Å². The summed E-state index contributed by atoms with van der Waals surface area (Å²) < 4.78 is 30.3. The van der Waals surface area contributed by atoms with Crippen molar-refractivity contribution in [2.24, 2.45) is 0 Å². The van der Waals surface area contributed by atoms with E-state index in [-0.39, 0.29) is 11.1 Å². The molecule has 0 saturated carbocycles. The number of aryl methyl sites for hydroxylation is 2. The number of ether oxygens (including phenoxy) is 1. The third kappa shape index (κ3) is 4.80. The standard InChI is InChI=1S/C10H9FO3.C9H6FNO/c1-6-4-3-5-7(11)8(6)9(12)10(13)14-2;1-6-3-2-4-7(10)9(6)8(12)5-11/h3-5H,1-2H3;2-4H,1H3. The third-order valence-electron chi connectivity index (χ3n) is 3.37. The summed E-state index contributed by atoms with van der Waals surface area (Å²) in [6.07, 6.45) is 0. The molecule has 5 nitrogen and oxygen atoms in total. The van der Waals surface area contributed by atoms with E-state index in [1.807, 2.05) is 0 Å². The zero-order valence-electron chi connectivity index (χ0n) is 14.3. The van der Waals surface area contributed by atoms with Gasteiger partial charge in [-0.3, -0.25) is 9.59 Å². The van der Waals surface area contributed by atoms with Crippen molar-refractivity contribution in [1.82, 2.24) is 0 Å². The number of hydrogen-bond donors (Lipinski definition) is 0. The maximum Gasteiger partial charge on any atom is 0.379 e. The summed E-state index contributed by atoms with van der Waals surface area (Å²) in [5.41, 5.74) is 0.557. The maximum atomic E-state index is 13.2. The lowest BCUT2D eigenvalue weighted by Crippen LogP contribution is -2.18. The Hall–Kier alpha value is -3.40. The van der Waals surface area contributed by atoms with Crippen molar-refractivity contribution in [2.75, 3.05) is 7.11 Å². The summed E-state index contributed by atoms with van der Waals surface area (Å²) in [4.78, 5) is 33.0. The van der Waals surface area contributed by atoms with Crippen molar-refractivity contribution < 1.29 is 27.9 Å². The number of carbonyl (C=O) groups is 3. The third-order valence-corrected chi connectivity index (χ3v) is 3.37. The molecule has 0 fully saturated rings. The molecule has 0 aromatic heterocycles. The Labute approximate surface area is 148 Å². The fraction of sp³-hybridized carbons (Fsp3) is 0.158. The largest absolute Gasteiger partial charge is 0.463 e. The predicted octanol–water partition coefficient (Wildman–Crippen LogP) is 3.33. The molecular weight excluding hydrogens is 344 g/mol. The molecule has 2 rings (SSSR count). The molecule has 0 aliphatic carbocycles. The van der Waals surface area contributed by atoms with E-state index in [1.165, 1.54) is 18.2 Å². The van der Waals surface area contributed by atoms with Gasteiger partial charge in [0.05, 0.1) is 18.2 Å². The first-order valence-corrected chi connectivity index (χ1v) is 7.31. The molecule has 7 heteroatoms. The van der Waals surface area contributed by atoms with Gasteiger partial charge in [-0.25, -0.2) is 13.6 Å². The molecule has 0 saturated heterocycles. The Morgan fingerprint density at radius 2 is 1.38 bits per heavy atom. The number of benzene rings is 2. The van der Waals surface area contributed by atoms with Crippen LogP contribution in [0.15, 0.2) is 36.4 Å². The van der Waals surface area contributed by atoms with Gasteiger partial charge in [0.2, 0.25) is 0 Å². The highest BCUT2D eigenvalue weighted by Gasteiger charge is 2.22. The average molecular weight is 359 g/mol. The van der Waals surface area contributed by atoms with Crippen LogP contribution in [0.3, 0.4) is 0 Å². The molecule has 2 aromatic rings. The van der Waals surface area contributed by atoms with E-state index >= 15 is 0 Å². The molecule has 0 aliphatic heterocycles. The van der Waals surface area contributed by atoms with Crippen LogP contribution in [-0.2, 0) is 9.53 Å². The lowest BCUT2D eigenvalue weighted by atomic mass is 10.0. The molecule has 2 aromatic carbocycles. The van der Waals surface area contributed by atoms with Crippen molar-refractivity contribution in [3.63, 3.8) is 0 Å². The van der Waals surface area contributed by atoms with E-state index in [0.717, 1.165) is 19.2 Å². The molecule has 0 atom stereocenters. The molecule has 0 spiro atoms. The van der Waals surface area contributed by atoms with Crippen molar-refractivity contribution >= 4 is 17.5 Å². The van der Waals surface area contributed by atoms with Gasteiger partial charge in [0.15, 0.2) is 0 Å². The minimum absolute atomic E-state index is 0.125. The van der Waals surface area contributed by atoms with E-state index in [1.54, 1.807) is 26.0 Å². The Morgan fingerprint density at radius 1 is 0.923 bits per heavy atom. The lowest BCUT2D eigenvalue weighted by molar-refractivity contribution is -0.135. The Kier molecular flexibility index (Phi) is 7.29. The van der Waals surface area contributed by atoms with Gasteiger partial charge in [-0.1, -0.05) is 24.3 Å². The van der Waals surface area contributed by atoms with Crippen molar-refractivity contribution in [1.29, 1.82) is 5.26 Å². The fourth-order valence-electron chi connectivity index (χ4n) is 2.09. The summed E-state index contributed by atoms with van der Waals surface area (Å²) in [6, 6.07) is 9.79. The van der Waals surface area contributed by atoms with E-state index in [4.69, 9.17) is 5.26 Å². The second-order valence-electron chi connectivity index (χ2n) is 5.13. The SMILES string of the molecule is COC(=O)C(=O)c1c(C)cccc1F.Cc1cccc(F)c1C(=O)C#N. The Morgan fingerprint density at radius 3 is 1.77 bits per heavy atom. The van der Waals surface area contributed by atoms with Crippen LogP contribution in [0.2, 0.25) is 0 Å². The molecule has 26 heavy (non-hydrogen) atoms. The highest BCUT2D eigenvalue weighted by atomic mass is 19.1. The van der Waals surface area contributed by atoms with Gasteiger partial charge < -0.3 is 4.74 Å². The normalized spacial score (nSPS) is 9.38. The highest BCUT2D eigenvalue weighted by molar-refractivity contribution is 6.41. The van der Waals surface area contributed by atoms with Crippen molar-refractivity contribution in [2.45, 2.75) is 13.8 Å². The van der Waals surface area contributed by atoms with Gasteiger partial charge in [0, 0.05) is 0 Å². The lowest BCUT2D eigenvalue weighted by Gasteiger charge is -2.03. The minimum Gasteiger partial charge on any atom is -0.463 e. The summed E-state index contributed by atoms with van der Waals surface area (Å²) in [7, 11) is 1.08. The minimum atomic E-state index is -1.06. The number of esters is 1. The van der Waals surface area contributed by atoms with Crippen LogP contribution in [0.1, 0.15) is 31.8 Å². The second kappa shape index (κ2) is 9.18. The van der Waals surface area contributed by atoms with E-state index < -0.39 is 29.2 Å². The van der Waals surface area contributed by atoms with E-state index in [2.05, 4.69) is 4.74 Å². The molecule has 134 valence electrons. The van der Waals surface area contributed by atoms with Gasteiger partial charge in [-0.15, -0.1) is 0 Å². The Balaban J connectivity index is 0.000000263. The predicted molar refractivity (Wildman–Crippen MR) is 88.6 cm³/mol. The number of methoxy groups -OCH3 is 1. The fourth-order valence-corrected chi connectivity index (χ4v) is 2.09. The number of rotatable bonds is 3. The molecule has 0 unspecified atom stereocenters. The first-order chi connectivity index (χ1) is 12.2. The smallest absolute Gasteiger partial charge is 0.379 e. The van der Waals surface area contributed by atoms with Gasteiger partial charge in [0.25, 0.3) is 11.6 Å². The van der Waals surface area contributed by atoms with Crippen molar-refractivity contribution in [3.05, 3.63) is 70.3 Å². The number of nitriles is 1. The molecular formula is C19H15F2NO4. The van der Waals surface area contributed by atoms with Gasteiger partial charge in [0.1, 0.15) is 17.7 Å². The zero-order chi connectivity index (χ0) is 19.9. The van der Waals surface area contributed by atoms with Crippen LogP contribution in [0.5, 0.6) is 0 Å². The van der Waals surface area contributed by atoms with Crippen molar-refractivity contribution in [3.8, 4) is 6.07 Å². The number of halogens is 2. The Bertz CT molecular complexity index is 860. The monoisotopic (exact) mass is 359 g/mol. The van der Waals surface area contributed by atoms with Crippen LogP contribution in [-0.4, -0.2) is 24.6 Å². The molecule has 0 radical (unpaired) electrons. The number of Topliss-reactive ketones (excluding diaryl/α,β-unsaturated/α-hetero) is 2. The van der Waals surface area contributed by atoms with Crippen LogP contribution in [0.4, 0.5) is 8.78 Å². The van der Waals surface area contributed by atoms with Crippen LogP contribution < -0.4 is 0 Å². The molecule has 0 bridgehead atoms. The highest BCUT2D eigenvalue weighted by Crippen LogP contribution is 2.14. The van der Waals surface area contributed by atoms with Crippen LogP contribution >= 0.6 is 0 Å². The van der Waals surface area contributed by atoms with E-state index in [0.29, 0.717) is 11.1 Å². The molecule has 0 amide bonds. The maximum absolute atomic E-state index is 13.2. The summed E-state index contributed by atoms with van der Waals surface area (Å²) in [6.45, 7) is 3.15. The number of nitrogens with zero attached hydrogens (tertiary/aromatic N) is 1. The second-order valence-corrected chi connectivity index (χ2v) is 5.13. The number of ketones is 2. The van der Waals surface area contributed by atoms with E-state index in [9.17, 15) is 23.2 Å². The quantitative estimate of drug-likeness (QED) is 0.363. The van der Waals surface area contributed by atoms with Gasteiger partial charge in [-0.2, -0.15) is 5.26 Å². The first-order valence-electron chi connectivity index (χ1n) is 7.31. The first kappa shape index (κ1) is 20.6. The van der Waals surface area contributed by atoms with Crippen LogP contribution in [0.25, 0.3) is 0 Å². The van der Waals surface area contributed by atoms with Crippen LogP contribution in [0, 0.1) is 36.8 Å². The average Bonchev–Trinajstić information content (AvgIpc) is 2.60. The summed E-state index contributed by atoms with van der Waals surface area (Å²) >= 11 is 0. The zero-order valence-corrected chi connectivity index (χ0v) is 14.3. The topological polar surface area (TPSA) is 84.2 Å². The number of carbonyl (C=O) groups excluding carboxylic acids is 3. The number of hydrogen-bond acceptors (Lipinski definition) is 5. The molecule has 0 heterocycles. The molecule has 0 N–H and O–H groups in total.